The van der Waals surface area contributed by atoms with Crippen molar-refractivity contribution in [3.63, 3.8) is 0 Å². The van der Waals surface area contributed by atoms with Gasteiger partial charge in [0.15, 0.2) is 0 Å². The normalized spacial score (nSPS) is 18.2. The van der Waals surface area contributed by atoms with Crippen LogP contribution >= 0.6 is 0 Å². The van der Waals surface area contributed by atoms with Gasteiger partial charge in [-0.05, 0) is 12.8 Å². The molecule has 0 atom stereocenters. The molecule has 1 aliphatic heterocycles. The number of piperidine rings is 1. The maximum absolute atomic E-state index is 11.9. The third-order valence-electron chi connectivity index (χ3n) is 3.00. The van der Waals surface area contributed by atoms with E-state index in [2.05, 4.69) is 4.72 Å². The summed E-state index contributed by atoms with van der Waals surface area (Å²) in [6.07, 6.45) is 1.05. The number of nitrogens with zero attached hydrogens (tertiary/aromatic N) is 1. The summed E-state index contributed by atoms with van der Waals surface area (Å²) in [6.45, 7) is 1.49. The minimum absolute atomic E-state index is 0.0307. The van der Waals surface area contributed by atoms with Crippen LogP contribution in [0.2, 0.25) is 0 Å². The fraction of sp³-hybridized carbons (Fsp3) is 0.909. The van der Waals surface area contributed by atoms with E-state index in [0.29, 0.717) is 32.5 Å². The lowest BCUT2D eigenvalue weighted by atomic mass is 10.1. The molecule has 0 aliphatic carbocycles. The zero-order valence-corrected chi connectivity index (χ0v) is 12.4. The Morgan fingerprint density at radius 1 is 1.35 bits per heavy atom. The fourth-order valence-electron chi connectivity index (χ4n) is 1.92. The predicted molar refractivity (Wildman–Crippen MR) is 71.6 cm³/mol. The molecule has 0 aromatic carbocycles. The summed E-state index contributed by atoms with van der Waals surface area (Å²) in [5.41, 5.74) is 0. The first-order chi connectivity index (χ1) is 9.45. The Kier molecular flexibility index (Phi) is 7.38. The Hall–Kier alpha value is -0.740. The molecular weight excluding hydrogens is 288 g/mol. The zero-order valence-electron chi connectivity index (χ0n) is 11.6. The second kappa shape index (κ2) is 8.53. The first-order valence-electron chi connectivity index (χ1n) is 6.53. The molecule has 8 nitrogen and oxygen atoms in total. The summed E-state index contributed by atoms with van der Waals surface area (Å²) in [5, 5.41) is 8.51. The van der Waals surface area contributed by atoms with Gasteiger partial charge in [0, 0.05) is 26.7 Å². The van der Waals surface area contributed by atoms with Crippen molar-refractivity contribution >= 4 is 16.2 Å². The van der Waals surface area contributed by atoms with Crippen molar-refractivity contribution in [3.05, 3.63) is 0 Å². The molecule has 1 heterocycles. The Morgan fingerprint density at radius 3 is 2.55 bits per heavy atom. The van der Waals surface area contributed by atoms with Crippen LogP contribution in [0, 0.1) is 0 Å². The highest BCUT2D eigenvalue weighted by atomic mass is 32.2. The van der Waals surface area contributed by atoms with Crippen LogP contribution in [0.5, 0.6) is 0 Å². The number of carboxylic acids is 1. The molecular formula is C11H22N2O6S. The van der Waals surface area contributed by atoms with Crippen molar-refractivity contribution in [1.82, 2.24) is 9.03 Å². The monoisotopic (exact) mass is 310 g/mol. The Labute approximate surface area is 119 Å². The van der Waals surface area contributed by atoms with Crippen LogP contribution in [0.1, 0.15) is 19.3 Å². The molecule has 0 unspecified atom stereocenters. The van der Waals surface area contributed by atoms with E-state index in [-0.39, 0.29) is 25.7 Å². The van der Waals surface area contributed by atoms with Gasteiger partial charge in [0.05, 0.1) is 25.7 Å². The summed E-state index contributed by atoms with van der Waals surface area (Å²) in [7, 11) is -1.95. The largest absolute Gasteiger partial charge is 0.481 e. The van der Waals surface area contributed by atoms with Crippen molar-refractivity contribution in [2.75, 3.05) is 40.0 Å². The predicted octanol–water partition coefficient (Wildman–Crippen LogP) is -0.577. The van der Waals surface area contributed by atoms with Gasteiger partial charge in [0.25, 0.3) is 10.2 Å². The maximum Gasteiger partial charge on any atom is 0.305 e. The van der Waals surface area contributed by atoms with E-state index >= 15 is 0 Å². The third kappa shape index (κ3) is 6.14. The summed E-state index contributed by atoms with van der Waals surface area (Å²) in [4.78, 5) is 10.4. The van der Waals surface area contributed by atoms with Crippen molar-refractivity contribution in [1.29, 1.82) is 0 Å². The molecule has 0 spiro atoms. The maximum atomic E-state index is 11.9. The molecule has 1 rings (SSSR count). The van der Waals surface area contributed by atoms with Crippen LogP contribution < -0.4 is 4.72 Å². The highest BCUT2D eigenvalue weighted by Gasteiger charge is 2.27. The quantitative estimate of drug-likeness (QED) is 0.552. The van der Waals surface area contributed by atoms with Crippen LogP contribution in [-0.4, -0.2) is 69.9 Å². The number of nitrogens with one attached hydrogen (secondary N) is 1. The van der Waals surface area contributed by atoms with Crippen LogP contribution in [0.15, 0.2) is 0 Å². The Morgan fingerprint density at radius 2 is 2.00 bits per heavy atom. The van der Waals surface area contributed by atoms with E-state index in [4.69, 9.17) is 14.6 Å². The van der Waals surface area contributed by atoms with Gasteiger partial charge in [-0.15, -0.1) is 0 Å². The van der Waals surface area contributed by atoms with Crippen molar-refractivity contribution in [2.24, 2.45) is 0 Å². The SMILES string of the molecule is COCCNS(=O)(=O)N1CCC(OCCC(=O)O)CC1. The molecule has 0 saturated carbocycles. The number of hydrogen-bond acceptors (Lipinski definition) is 5. The van der Waals surface area contributed by atoms with E-state index in [0.717, 1.165) is 0 Å². The van der Waals surface area contributed by atoms with E-state index in [1.807, 2.05) is 0 Å². The molecule has 0 radical (unpaired) electrons. The summed E-state index contributed by atoms with van der Waals surface area (Å²) < 4.78 is 37.9. The Balaban J connectivity index is 2.28. The molecule has 118 valence electrons. The van der Waals surface area contributed by atoms with E-state index < -0.39 is 16.2 Å². The molecule has 1 fully saturated rings. The molecule has 0 bridgehead atoms. The molecule has 1 saturated heterocycles. The van der Waals surface area contributed by atoms with Crippen molar-refractivity contribution in [2.45, 2.75) is 25.4 Å². The lowest BCUT2D eigenvalue weighted by Gasteiger charge is -2.31. The van der Waals surface area contributed by atoms with Gasteiger partial charge >= 0.3 is 5.97 Å². The van der Waals surface area contributed by atoms with Crippen LogP contribution in [0.25, 0.3) is 0 Å². The van der Waals surface area contributed by atoms with Gasteiger partial charge in [-0.1, -0.05) is 0 Å². The average Bonchev–Trinajstić information content (AvgIpc) is 2.39. The fourth-order valence-corrected chi connectivity index (χ4v) is 3.13. The first-order valence-corrected chi connectivity index (χ1v) is 7.97. The number of carbonyl (C=O) groups is 1. The highest BCUT2D eigenvalue weighted by Crippen LogP contribution is 2.16. The smallest absolute Gasteiger partial charge is 0.305 e. The zero-order chi connectivity index (χ0) is 15.0. The minimum Gasteiger partial charge on any atom is -0.481 e. The summed E-state index contributed by atoms with van der Waals surface area (Å²) in [6, 6.07) is 0. The number of aliphatic carboxylic acids is 1. The molecule has 1 aliphatic rings. The number of methoxy groups -OCH3 is 1. The molecule has 2 N–H and O–H groups in total. The van der Waals surface area contributed by atoms with Crippen molar-refractivity contribution < 1.29 is 27.8 Å². The number of hydrogen-bond donors (Lipinski definition) is 2. The van der Waals surface area contributed by atoms with E-state index in [1.165, 1.54) is 11.4 Å². The van der Waals surface area contributed by atoms with Gasteiger partial charge in [-0.3, -0.25) is 4.79 Å². The molecule has 9 heteroatoms. The van der Waals surface area contributed by atoms with Crippen LogP contribution in [-0.2, 0) is 24.5 Å². The van der Waals surface area contributed by atoms with Crippen molar-refractivity contribution in [3.8, 4) is 0 Å². The number of ether oxygens (including phenoxy) is 2. The third-order valence-corrected chi connectivity index (χ3v) is 4.61. The second-order valence-corrected chi connectivity index (χ2v) is 6.26. The number of carboxylic acid groups (broad SMARTS) is 1. The minimum atomic E-state index is -3.46. The molecule has 0 aromatic heterocycles. The van der Waals surface area contributed by atoms with E-state index in [9.17, 15) is 13.2 Å². The molecule has 0 aromatic rings. The van der Waals surface area contributed by atoms with Crippen LogP contribution in [0.4, 0.5) is 0 Å². The van der Waals surface area contributed by atoms with Gasteiger partial charge in [-0.2, -0.15) is 17.4 Å². The van der Waals surface area contributed by atoms with Gasteiger partial charge in [0.2, 0.25) is 0 Å². The summed E-state index contributed by atoms with van der Waals surface area (Å²) in [5.74, 6) is -0.896. The van der Waals surface area contributed by atoms with Gasteiger partial charge in [-0.25, -0.2) is 0 Å². The average molecular weight is 310 g/mol. The van der Waals surface area contributed by atoms with Gasteiger partial charge in [0.1, 0.15) is 0 Å². The first kappa shape index (κ1) is 17.3. The molecule has 20 heavy (non-hydrogen) atoms. The lowest BCUT2D eigenvalue weighted by molar-refractivity contribution is -0.138. The Bertz CT molecular complexity index is 392. The lowest BCUT2D eigenvalue weighted by Crippen LogP contribution is -2.47. The molecule has 0 amide bonds. The standard InChI is InChI=1S/C11H22N2O6S/c1-18-9-5-12-20(16,17)13-6-2-10(3-7-13)19-8-4-11(14)15/h10,12H,2-9H2,1H3,(H,14,15). The van der Waals surface area contributed by atoms with E-state index in [1.54, 1.807) is 0 Å². The topological polar surface area (TPSA) is 105 Å². The summed E-state index contributed by atoms with van der Waals surface area (Å²) >= 11 is 0. The number of rotatable bonds is 9. The van der Waals surface area contributed by atoms with Gasteiger partial charge < -0.3 is 14.6 Å². The highest BCUT2D eigenvalue weighted by molar-refractivity contribution is 7.87. The van der Waals surface area contributed by atoms with Crippen LogP contribution in [0.3, 0.4) is 0 Å². The second-order valence-electron chi connectivity index (χ2n) is 4.51.